The second-order valence-corrected chi connectivity index (χ2v) is 6.97. The van der Waals surface area contributed by atoms with Crippen LogP contribution in [0.3, 0.4) is 0 Å². The molecule has 0 spiro atoms. The van der Waals surface area contributed by atoms with Crippen molar-refractivity contribution >= 4 is 37.2 Å². The first-order chi connectivity index (χ1) is 12.8. The molecule has 0 N–H and O–H groups in total. The number of rotatable bonds is 6. The molecule has 0 saturated carbocycles. The van der Waals surface area contributed by atoms with E-state index in [9.17, 15) is 0 Å². The van der Waals surface area contributed by atoms with Crippen molar-refractivity contribution in [2.24, 2.45) is 0 Å². The highest BCUT2D eigenvalue weighted by Crippen LogP contribution is 2.23. The molecule has 0 atom stereocenters. The van der Waals surface area contributed by atoms with Crippen molar-refractivity contribution < 1.29 is 4.42 Å². The molecule has 0 fully saturated rings. The monoisotopic (exact) mass is 456 g/mol. The molecule has 1 aliphatic rings. The minimum absolute atomic E-state index is 0. The van der Waals surface area contributed by atoms with Crippen LogP contribution in [0.4, 0.5) is 0 Å². The second kappa shape index (κ2) is 12.2. The van der Waals surface area contributed by atoms with Gasteiger partial charge in [0.15, 0.2) is 0 Å². The zero-order valence-electron chi connectivity index (χ0n) is 16.4. The van der Waals surface area contributed by atoms with Crippen LogP contribution < -0.4 is 0 Å². The molecular formula is C21H27Cl3N4O. The van der Waals surface area contributed by atoms with Gasteiger partial charge in [0.1, 0.15) is 5.76 Å². The quantitative estimate of drug-likeness (QED) is 0.544. The molecule has 158 valence electrons. The molecule has 0 amide bonds. The summed E-state index contributed by atoms with van der Waals surface area (Å²) in [5.74, 6) is 0.992. The SMILES string of the molecule is CN(Cc1ccco1)Cc1cncc2c1CCN(Cc1ccccn1)C2.Cl.Cl.Cl. The van der Waals surface area contributed by atoms with Crippen LogP contribution in [0.25, 0.3) is 0 Å². The zero-order valence-corrected chi connectivity index (χ0v) is 18.8. The molecule has 0 aromatic carbocycles. The van der Waals surface area contributed by atoms with Gasteiger partial charge in [-0.3, -0.25) is 19.8 Å². The molecule has 8 heteroatoms. The zero-order chi connectivity index (χ0) is 17.8. The van der Waals surface area contributed by atoms with Gasteiger partial charge in [0.05, 0.1) is 18.5 Å². The van der Waals surface area contributed by atoms with E-state index in [-0.39, 0.29) is 37.2 Å². The highest BCUT2D eigenvalue weighted by Gasteiger charge is 2.20. The molecule has 5 nitrogen and oxygen atoms in total. The molecule has 0 unspecified atom stereocenters. The van der Waals surface area contributed by atoms with Crippen molar-refractivity contribution in [2.45, 2.75) is 32.6 Å². The summed E-state index contributed by atoms with van der Waals surface area (Å²) in [5.41, 5.74) is 5.26. The molecule has 4 heterocycles. The van der Waals surface area contributed by atoms with Crippen molar-refractivity contribution in [3.63, 3.8) is 0 Å². The van der Waals surface area contributed by atoms with Crippen LogP contribution in [0.2, 0.25) is 0 Å². The van der Waals surface area contributed by atoms with Gasteiger partial charge in [0.25, 0.3) is 0 Å². The number of pyridine rings is 2. The first-order valence-electron chi connectivity index (χ1n) is 9.06. The predicted molar refractivity (Wildman–Crippen MR) is 122 cm³/mol. The molecule has 3 aromatic heterocycles. The molecule has 29 heavy (non-hydrogen) atoms. The summed E-state index contributed by atoms with van der Waals surface area (Å²) in [7, 11) is 2.12. The van der Waals surface area contributed by atoms with E-state index in [1.807, 2.05) is 36.8 Å². The van der Waals surface area contributed by atoms with Crippen LogP contribution in [0.15, 0.2) is 59.6 Å². The van der Waals surface area contributed by atoms with Gasteiger partial charge in [0.2, 0.25) is 0 Å². The van der Waals surface area contributed by atoms with Gasteiger partial charge in [-0.15, -0.1) is 37.2 Å². The van der Waals surface area contributed by atoms with Crippen molar-refractivity contribution in [3.05, 3.63) is 83.3 Å². The molecule has 0 radical (unpaired) electrons. The minimum atomic E-state index is 0. The fourth-order valence-electron chi connectivity index (χ4n) is 3.63. The Bertz CT molecular complexity index is 846. The Labute approximate surface area is 190 Å². The van der Waals surface area contributed by atoms with Gasteiger partial charge in [0, 0.05) is 44.8 Å². The third-order valence-corrected chi connectivity index (χ3v) is 4.87. The van der Waals surface area contributed by atoms with Crippen LogP contribution in [0.1, 0.15) is 28.1 Å². The van der Waals surface area contributed by atoms with E-state index in [1.165, 1.54) is 16.7 Å². The van der Waals surface area contributed by atoms with Crippen molar-refractivity contribution in [2.75, 3.05) is 13.6 Å². The molecular weight excluding hydrogens is 431 g/mol. The average Bonchev–Trinajstić information content (AvgIpc) is 3.15. The van der Waals surface area contributed by atoms with Gasteiger partial charge in [-0.1, -0.05) is 6.07 Å². The predicted octanol–water partition coefficient (Wildman–Crippen LogP) is 4.53. The molecule has 0 bridgehead atoms. The van der Waals surface area contributed by atoms with E-state index in [0.717, 1.165) is 50.6 Å². The van der Waals surface area contributed by atoms with Crippen LogP contribution in [0, 0.1) is 0 Å². The van der Waals surface area contributed by atoms with Crippen molar-refractivity contribution in [3.8, 4) is 0 Å². The molecule has 0 aliphatic carbocycles. The summed E-state index contributed by atoms with van der Waals surface area (Å²) in [5, 5.41) is 0. The van der Waals surface area contributed by atoms with Crippen molar-refractivity contribution in [1.82, 2.24) is 19.8 Å². The Morgan fingerprint density at radius 3 is 2.66 bits per heavy atom. The van der Waals surface area contributed by atoms with E-state index in [4.69, 9.17) is 4.42 Å². The lowest BCUT2D eigenvalue weighted by molar-refractivity contribution is 0.239. The third-order valence-electron chi connectivity index (χ3n) is 4.87. The van der Waals surface area contributed by atoms with E-state index < -0.39 is 0 Å². The van der Waals surface area contributed by atoms with Crippen LogP contribution in [-0.4, -0.2) is 33.4 Å². The smallest absolute Gasteiger partial charge is 0.117 e. The van der Waals surface area contributed by atoms with E-state index in [1.54, 1.807) is 6.26 Å². The minimum Gasteiger partial charge on any atom is -0.468 e. The normalized spacial score (nSPS) is 13.0. The average molecular weight is 458 g/mol. The van der Waals surface area contributed by atoms with E-state index >= 15 is 0 Å². The Balaban J connectivity index is 0.00000140. The number of hydrogen-bond acceptors (Lipinski definition) is 5. The lowest BCUT2D eigenvalue weighted by atomic mass is 9.96. The van der Waals surface area contributed by atoms with Gasteiger partial charge in [-0.05, 0) is 54.4 Å². The summed E-state index contributed by atoms with van der Waals surface area (Å²) < 4.78 is 5.46. The Hall–Kier alpha value is -1.63. The van der Waals surface area contributed by atoms with E-state index in [0.29, 0.717) is 0 Å². The Morgan fingerprint density at radius 2 is 1.93 bits per heavy atom. The van der Waals surface area contributed by atoms with Crippen LogP contribution in [-0.2, 0) is 32.6 Å². The first kappa shape index (κ1) is 25.4. The Morgan fingerprint density at radius 1 is 1.07 bits per heavy atom. The maximum Gasteiger partial charge on any atom is 0.117 e. The highest BCUT2D eigenvalue weighted by atomic mass is 35.5. The van der Waals surface area contributed by atoms with Gasteiger partial charge in [-0.25, -0.2) is 0 Å². The lowest BCUT2D eigenvalue weighted by Crippen LogP contribution is -2.31. The summed E-state index contributed by atoms with van der Waals surface area (Å²) in [6, 6.07) is 10.1. The highest BCUT2D eigenvalue weighted by molar-refractivity contribution is 5.86. The third kappa shape index (κ3) is 6.69. The van der Waals surface area contributed by atoms with Gasteiger partial charge in [-0.2, -0.15) is 0 Å². The Kier molecular flexibility index (Phi) is 10.6. The summed E-state index contributed by atoms with van der Waals surface area (Å²) in [4.78, 5) is 13.7. The molecule has 1 aliphatic heterocycles. The lowest BCUT2D eigenvalue weighted by Gasteiger charge is -2.30. The maximum atomic E-state index is 5.46. The second-order valence-electron chi connectivity index (χ2n) is 6.97. The van der Waals surface area contributed by atoms with Gasteiger partial charge < -0.3 is 4.42 Å². The molecule has 0 saturated heterocycles. The number of hydrogen-bond donors (Lipinski definition) is 0. The first-order valence-corrected chi connectivity index (χ1v) is 9.06. The molecule has 3 aromatic rings. The van der Waals surface area contributed by atoms with Crippen molar-refractivity contribution in [1.29, 1.82) is 0 Å². The number of nitrogens with zero attached hydrogens (tertiary/aromatic N) is 4. The fraction of sp³-hybridized carbons (Fsp3) is 0.333. The number of furan rings is 1. The number of fused-ring (bicyclic) bond motifs is 1. The molecule has 4 rings (SSSR count). The van der Waals surface area contributed by atoms with Crippen LogP contribution >= 0.6 is 37.2 Å². The summed E-state index contributed by atoms with van der Waals surface area (Å²) in [6.07, 6.45) is 8.70. The maximum absolute atomic E-state index is 5.46. The largest absolute Gasteiger partial charge is 0.468 e. The fourth-order valence-corrected chi connectivity index (χ4v) is 3.63. The van der Waals surface area contributed by atoms with Gasteiger partial charge >= 0.3 is 0 Å². The number of halogens is 3. The summed E-state index contributed by atoms with van der Waals surface area (Å²) in [6.45, 7) is 4.58. The van der Waals surface area contributed by atoms with Crippen LogP contribution in [0.5, 0.6) is 0 Å². The summed E-state index contributed by atoms with van der Waals surface area (Å²) >= 11 is 0. The number of aromatic nitrogens is 2. The standard InChI is InChI=1S/C21H24N4O.3ClH/c1-24(16-20-6-4-10-26-20)13-17-11-22-12-18-14-25(9-7-21(17)18)15-19-5-2-3-8-23-19;;;/h2-6,8,10-12H,7,9,13-16H2,1H3;3*1H. The van der Waals surface area contributed by atoms with E-state index in [2.05, 4.69) is 38.9 Å². The topological polar surface area (TPSA) is 45.4 Å².